The average molecular weight is 825 g/mol. The second-order valence-electron chi connectivity index (χ2n) is 17.9. The number of benzene rings is 10. The van der Waals surface area contributed by atoms with Crippen molar-refractivity contribution in [3.05, 3.63) is 293 Å². The molecule has 0 amide bonds. The minimum atomic E-state index is -0.592. The minimum absolute atomic E-state index is 0.134. The van der Waals surface area contributed by atoms with Crippen molar-refractivity contribution >= 4 is 46.2 Å². The summed E-state index contributed by atoms with van der Waals surface area (Å²) in [6.07, 6.45) is 0. The van der Waals surface area contributed by atoms with Crippen molar-refractivity contribution in [1.29, 1.82) is 0 Å². The molecule has 0 unspecified atom stereocenters. The fourth-order valence-corrected chi connectivity index (χ4v) is 12.6. The van der Waals surface area contributed by atoms with E-state index >= 15 is 0 Å². The normalized spacial score (nSPS) is 14.9. The van der Waals surface area contributed by atoms with Crippen LogP contribution in [0.15, 0.2) is 249 Å². The van der Waals surface area contributed by atoms with Crippen LogP contribution in [0, 0.1) is 0 Å². The third kappa shape index (κ3) is 4.69. The lowest BCUT2D eigenvalue weighted by Crippen LogP contribution is -2.64. The third-order valence-corrected chi connectivity index (χ3v) is 14.9. The molecule has 0 saturated heterocycles. The van der Waals surface area contributed by atoms with Crippen LogP contribution in [0.5, 0.6) is 0 Å². The zero-order valence-corrected chi connectivity index (χ0v) is 35.6. The Bertz CT molecular complexity index is 3420. The number of rotatable bonds is 5. The molecule has 10 aromatic rings. The van der Waals surface area contributed by atoms with Gasteiger partial charge >= 0.3 is 6.85 Å². The van der Waals surface area contributed by atoms with Crippen molar-refractivity contribution in [2.75, 3.05) is 9.71 Å². The zero-order valence-electron chi connectivity index (χ0n) is 35.6. The quantitative estimate of drug-likeness (QED) is 0.160. The highest BCUT2D eigenvalue weighted by atomic mass is 15.2. The summed E-state index contributed by atoms with van der Waals surface area (Å²) in [5.74, 6) is 0. The summed E-state index contributed by atoms with van der Waals surface area (Å²) in [6.45, 7) is -0.134. The zero-order chi connectivity index (χ0) is 42.7. The number of anilines is 5. The Morgan fingerprint density at radius 2 is 0.754 bits per heavy atom. The van der Waals surface area contributed by atoms with Gasteiger partial charge in [0.2, 0.25) is 0 Å². The van der Waals surface area contributed by atoms with Crippen LogP contribution in [0.25, 0.3) is 22.3 Å². The highest BCUT2D eigenvalue weighted by Crippen LogP contribution is 2.63. The van der Waals surface area contributed by atoms with Crippen molar-refractivity contribution in [2.24, 2.45) is 0 Å². The second-order valence-corrected chi connectivity index (χ2v) is 17.9. The molecule has 0 aliphatic carbocycles. The van der Waals surface area contributed by atoms with E-state index in [4.69, 9.17) is 0 Å². The topological polar surface area (TPSA) is 6.48 Å². The number of fused-ring (bicyclic) bond motifs is 8. The molecule has 0 aromatic heterocycles. The van der Waals surface area contributed by atoms with Gasteiger partial charge in [-0.25, -0.2) is 0 Å². The van der Waals surface area contributed by atoms with Crippen LogP contribution in [-0.4, -0.2) is 6.85 Å². The van der Waals surface area contributed by atoms with Gasteiger partial charge < -0.3 is 9.71 Å². The maximum atomic E-state index is 2.73. The molecule has 4 heterocycles. The molecular weight excluding hydrogens is 784 g/mol. The van der Waals surface area contributed by atoms with Crippen molar-refractivity contribution in [2.45, 2.75) is 10.8 Å². The van der Waals surface area contributed by atoms with Crippen LogP contribution in [0.3, 0.4) is 0 Å². The highest BCUT2D eigenvalue weighted by molar-refractivity contribution is 6.94. The molecule has 4 aliphatic rings. The lowest BCUT2D eigenvalue weighted by atomic mass is 9.41. The molecule has 0 bridgehead atoms. The molecule has 65 heavy (non-hydrogen) atoms. The van der Waals surface area contributed by atoms with Gasteiger partial charge in [-0.1, -0.05) is 224 Å². The van der Waals surface area contributed by atoms with E-state index in [9.17, 15) is 0 Å². The van der Waals surface area contributed by atoms with Crippen molar-refractivity contribution in [1.82, 2.24) is 0 Å². The maximum absolute atomic E-state index is 2.73. The first-order valence-electron chi connectivity index (χ1n) is 22.8. The minimum Gasteiger partial charge on any atom is -0.376 e. The molecule has 0 fully saturated rings. The summed E-state index contributed by atoms with van der Waals surface area (Å²) in [5.41, 5.74) is 22.8. The smallest absolute Gasteiger partial charge is 0.333 e. The predicted octanol–water partition coefficient (Wildman–Crippen LogP) is 13.5. The van der Waals surface area contributed by atoms with Crippen LogP contribution >= 0.6 is 0 Å². The molecule has 2 nitrogen and oxygen atoms in total. The highest BCUT2D eigenvalue weighted by Gasteiger charge is 2.56. The van der Waals surface area contributed by atoms with E-state index in [0.29, 0.717) is 0 Å². The first-order chi connectivity index (χ1) is 32.3. The van der Waals surface area contributed by atoms with Gasteiger partial charge in [-0.15, -0.1) is 0 Å². The fourth-order valence-electron chi connectivity index (χ4n) is 12.6. The van der Waals surface area contributed by atoms with E-state index in [1.54, 1.807) is 0 Å². The summed E-state index contributed by atoms with van der Waals surface area (Å²) >= 11 is 0. The Labute approximate surface area is 380 Å². The van der Waals surface area contributed by atoms with E-state index < -0.39 is 10.8 Å². The van der Waals surface area contributed by atoms with Crippen molar-refractivity contribution in [3.8, 4) is 22.3 Å². The van der Waals surface area contributed by atoms with Gasteiger partial charge in [0, 0.05) is 28.3 Å². The number of hydrogen-bond donors (Lipinski definition) is 0. The van der Waals surface area contributed by atoms with E-state index in [1.165, 1.54) is 106 Å². The van der Waals surface area contributed by atoms with E-state index in [1.807, 2.05) is 0 Å². The number of hydrogen-bond acceptors (Lipinski definition) is 2. The first-order valence-corrected chi connectivity index (χ1v) is 22.8. The summed E-state index contributed by atoms with van der Waals surface area (Å²) in [4.78, 5) is 5.37. The Balaban J connectivity index is 1.17. The van der Waals surface area contributed by atoms with Gasteiger partial charge in [0.15, 0.2) is 0 Å². The van der Waals surface area contributed by atoms with Crippen molar-refractivity contribution < 1.29 is 0 Å². The average Bonchev–Trinajstić information content (AvgIpc) is 3.39. The molecule has 10 aromatic carbocycles. The van der Waals surface area contributed by atoms with E-state index in [2.05, 4.69) is 258 Å². The summed E-state index contributed by atoms with van der Waals surface area (Å²) in [7, 11) is 0. The Morgan fingerprint density at radius 3 is 1.32 bits per heavy atom. The molecule has 3 heteroatoms. The standard InChI is InChI=1S/C62H41BN2/c1-6-22-42(23-7-1)43-40-49-48-32-20-35-52-59(48)65(56-39-19-17-34-51(56)62(52,46-28-12-4-13-29-46)47-30-14-5-15-31-47)63-54-37-21-36-53-60(54)64(57(41-43)58(49)63)55-38-18-16-33-50(55)61(53,44-24-8-2-9-25-44)45-26-10-3-11-27-45/h1-41H. The summed E-state index contributed by atoms with van der Waals surface area (Å²) in [5, 5.41) is 0. The molecule has 0 atom stereocenters. The van der Waals surface area contributed by atoms with Crippen LogP contribution in [0.1, 0.15) is 44.5 Å². The Kier molecular flexibility index (Phi) is 7.65. The summed E-state index contributed by atoms with van der Waals surface area (Å²) < 4.78 is 0. The molecule has 0 N–H and O–H groups in total. The first kappa shape index (κ1) is 36.4. The van der Waals surface area contributed by atoms with Crippen LogP contribution in [0.2, 0.25) is 0 Å². The molecular formula is C62H41BN2. The molecule has 0 saturated carbocycles. The van der Waals surface area contributed by atoms with E-state index in [0.717, 1.165) is 0 Å². The lowest BCUT2D eigenvalue weighted by molar-refractivity contribution is 0.731. The molecule has 302 valence electrons. The van der Waals surface area contributed by atoms with Gasteiger partial charge in [0.05, 0.1) is 16.5 Å². The SMILES string of the molecule is c1ccc(-c2cc3c4c(c2)N2c5ccccc5C(c5ccccc5)(c5ccccc5)c5cccc(c52)B4N2c4ccccc4C(c4ccccc4)(c4ccccc4)c4cccc-3c42)cc1. The summed E-state index contributed by atoms with van der Waals surface area (Å²) in [6, 6.07) is 93.5. The fraction of sp³-hybridized carbons (Fsp3) is 0.0323. The van der Waals surface area contributed by atoms with Crippen LogP contribution < -0.4 is 20.6 Å². The largest absolute Gasteiger partial charge is 0.376 e. The van der Waals surface area contributed by atoms with Gasteiger partial charge in [0.1, 0.15) is 0 Å². The van der Waals surface area contributed by atoms with Gasteiger partial charge in [-0.3, -0.25) is 0 Å². The molecule has 14 rings (SSSR count). The Hall–Kier alpha value is -8.14. The van der Waals surface area contributed by atoms with E-state index in [-0.39, 0.29) is 6.85 Å². The number of para-hydroxylation sites is 4. The molecule has 0 radical (unpaired) electrons. The Morgan fingerprint density at radius 1 is 0.308 bits per heavy atom. The van der Waals surface area contributed by atoms with Gasteiger partial charge in [0.25, 0.3) is 0 Å². The molecule has 0 spiro atoms. The number of nitrogens with zero attached hydrogens (tertiary/aromatic N) is 2. The molecule has 4 aliphatic heterocycles. The maximum Gasteiger partial charge on any atom is 0.333 e. The van der Waals surface area contributed by atoms with Gasteiger partial charge in [-0.2, -0.15) is 0 Å². The predicted molar refractivity (Wildman–Crippen MR) is 269 cm³/mol. The monoisotopic (exact) mass is 824 g/mol. The second kappa shape index (κ2) is 13.7. The van der Waals surface area contributed by atoms with Crippen LogP contribution in [-0.2, 0) is 10.8 Å². The third-order valence-electron chi connectivity index (χ3n) is 14.9. The van der Waals surface area contributed by atoms with Gasteiger partial charge in [-0.05, 0) is 96.4 Å². The van der Waals surface area contributed by atoms with Crippen LogP contribution in [0.4, 0.5) is 28.4 Å². The van der Waals surface area contributed by atoms with Crippen molar-refractivity contribution in [3.63, 3.8) is 0 Å². The lowest BCUT2D eigenvalue weighted by Gasteiger charge is -2.55.